The van der Waals surface area contributed by atoms with Gasteiger partial charge < -0.3 is 14.8 Å². The smallest absolute Gasteiger partial charge is 0.255 e. The second kappa shape index (κ2) is 6.90. The Bertz CT molecular complexity index is 620. The van der Waals surface area contributed by atoms with Crippen LogP contribution in [-0.4, -0.2) is 20.1 Å². The Balaban J connectivity index is 2.24. The van der Waals surface area contributed by atoms with E-state index in [1.165, 1.54) is 0 Å². The predicted molar refractivity (Wildman–Crippen MR) is 82.8 cm³/mol. The summed E-state index contributed by atoms with van der Waals surface area (Å²) in [6.07, 6.45) is 0. The lowest BCUT2D eigenvalue weighted by Crippen LogP contribution is -2.13. The second-order valence-electron chi connectivity index (χ2n) is 4.78. The third-order valence-electron chi connectivity index (χ3n) is 3.18. The van der Waals surface area contributed by atoms with Gasteiger partial charge in [-0.15, -0.1) is 0 Å². The van der Waals surface area contributed by atoms with Crippen LogP contribution in [0.3, 0.4) is 0 Å². The maximum Gasteiger partial charge on any atom is 0.255 e. The first kappa shape index (κ1) is 15.1. The van der Waals surface area contributed by atoms with E-state index in [-0.39, 0.29) is 5.91 Å². The number of carbonyl (C=O) groups is 1. The average molecular weight is 285 g/mol. The molecule has 0 atom stereocenters. The molecule has 0 unspecified atom stereocenters. The maximum atomic E-state index is 12.3. The van der Waals surface area contributed by atoms with Crippen molar-refractivity contribution in [1.29, 1.82) is 0 Å². The van der Waals surface area contributed by atoms with Crippen LogP contribution in [0.5, 0.6) is 5.75 Å². The molecule has 0 bridgehead atoms. The van der Waals surface area contributed by atoms with Crippen LogP contribution >= 0.6 is 0 Å². The van der Waals surface area contributed by atoms with Crippen LogP contribution in [0.4, 0.5) is 5.69 Å². The molecule has 0 radical (unpaired) electrons. The van der Waals surface area contributed by atoms with E-state index < -0.39 is 0 Å². The van der Waals surface area contributed by atoms with Crippen LogP contribution in [-0.2, 0) is 11.3 Å². The molecule has 0 aliphatic rings. The number of anilines is 1. The van der Waals surface area contributed by atoms with Crippen molar-refractivity contribution in [2.24, 2.45) is 0 Å². The molecule has 0 heterocycles. The van der Waals surface area contributed by atoms with E-state index in [0.717, 1.165) is 11.1 Å². The van der Waals surface area contributed by atoms with Gasteiger partial charge in [0.05, 0.1) is 19.4 Å². The molecule has 0 saturated carbocycles. The van der Waals surface area contributed by atoms with Gasteiger partial charge in [0.15, 0.2) is 0 Å². The number of methoxy groups -OCH3 is 2. The van der Waals surface area contributed by atoms with E-state index in [1.807, 2.05) is 31.2 Å². The van der Waals surface area contributed by atoms with Gasteiger partial charge in [0.25, 0.3) is 5.91 Å². The molecule has 21 heavy (non-hydrogen) atoms. The van der Waals surface area contributed by atoms with Gasteiger partial charge in [0, 0.05) is 24.3 Å². The number of rotatable bonds is 5. The Morgan fingerprint density at radius 3 is 2.43 bits per heavy atom. The van der Waals surface area contributed by atoms with Crippen molar-refractivity contribution in [2.45, 2.75) is 13.5 Å². The molecule has 0 aliphatic carbocycles. The molecule has 1 amide bonds. The van der Waals surface area contributed by atoms with Crippen molar-refractivity contribution in [3.8, 4) is 5.75 Å². The highest BCUT2D eigenvalue weighted by Gasteiger charge is 2.10. The first-order valence-corrected chi connectivity index (χ1v) is 6.68. The molecule has 2 aromatic rings. The van der Waals surface area contributed by atoms with Crippen molar-refractivity contribution in [3.05, 3.63) is 59.2 Å². The number of carbonyl (C=O) groups excluding carboxylic acids is 1. The standard InChI is InChI=1S/C17H19NO3/c1-12-4-6-13(7-5-12)17(19)18-16-10-15(21-3)9-8-14(16)11-20-2/h4-10H,11H2,1-3H3,(H,18,19). The molecule has 0 fully saturated rings. The molecule has 0 spiro atoms. The SMILES string of the molecule is COCc1ccc(OC)cc1NC(=O)c1ccc(C)cc1. The molecule has 1 N–H and O–H groups in total. The predicted octanol–water partition coefficient (Wildman–Crippen LogP) is 3.40. The highest BCUT2D eigenvalue weighted by atomic mass is 16.5. The lowest BCUT2D eigenvalue weighted by Gasteiger charge is -2.12. The molecule has 110 valence electrons. The Morgan fingerprint density at radius 2 is 1.81 bits per heavy atom. The largest absolute Gasteiger partial charge is 0.497 e. The first-order valence-electron chi connectivity index (χ1n) is 6.68. The number of nitrogens with one attached hydrogen (secondary N) is 1. The summed E-state index contributed by atoms with van der Waals surface area (Å²) in [5.74, 6) is 0.537. The normalized spacial score (nSPS) is 10.2. The number of amides is 1. The number of benzene rings is 2. The van der Waals surface area contributed by atoms with Gasteiger partial charge in [0.1, 0.15) is 5.75 Å². The monoisotopic (exact) mass is 285 g/mol. The Labute approximate surface area is 124 Å². The Hall–Kier alpha value is -2.33. The van der Waals surface area contributed by atoms with Gasteiger partial charge in [-0.05, 0) is 25.1 Å². The zero-order valence-electron chi connectivity index (χ0n) is 12.5. The van der Waals surface area contributed by atoms with Gasteiger partial charge >= 0.3 is 0 Å². The van der Waals surface area contributed by atoms with Crippen LogP contribution in [0.25, 0.3) is 0 Å². The molecule has 4 nitrogen and oxygen atoms in total. The third-order valence-corrected chi connectivity index (χ3v) is 3.18. The van der Waals surface area contributed by atoms with E-state index in [9.17, 15) is 4.79 Å². The maximum absolute atomic E-state index is 12.3. The van der Waals surface area contributed by atoms with Gasteiger partial charge in [-0.1, -0.05) is 23.8 Å². The van der Waals surface area contributed by atoms with Gasteiger partial charge in [-0.25, -0.2) is 0 Å². The van der Waals surface area contributed by atoms with Crippen molar-refractivity contribution in [2.75, 3.05) is 19.5 Å². The van der Waals surface area contributed by atoms with Crippen LogP contribution in [0.1, 0.15) is 21.5 Å². The molecule has 0 saturated heterocycles. The average Bonchev–Trinajstić information content (AvgIpc) is 2.49. The van der Waals surface area contributed by atoms with Gasteiger partial charge in [0.2, 0.25) is 0 Å². The summed E-state index contributed by atoms with van der Waals surface area (Å²) in [4.78, 5) is 12.3. The molecular formula is C17H19NO3. The van der Waals surface area contributed by atoms with Crippen LogP contribution < -0.4 is 10.1 Å². The minimum Gasteiger partial charge on any atom is -0.497 e. The highest BCUT2D eigenvalue weighted by Crippen LogP contribution is 2.24. The molecule has 4 heteroatoms. The van der Waals surface area contributed by atoms with Crippen LogP contribution in [0.2, 0.25) is 0 Å². The van der Waals surface area contributed by atoms with Crippen molar-refractivity contribution >= 4 is 11.6 Å². The summed E-state index contributed by atoms with van der Waals surface area (Å²) in [5.41, 5.74) is 3.33. The number of aryl methyl sites for hydroxylation is 1. The minimum absolute atomic E-state index is 0.152. The van der Waals surface area contributed by atoms with Crippen molar-refractivity contribution in [1.82, 2.24) is 0 Å². The molecule has 2 aromatic carbocycles. The Morgan fingerprint density at radius 1 is 1.10 bits per heavy atom. The third kappa shape index (κ3) is 3.83. The lowest BCUT2D eigenvalue weighted by atomic mass is 10.1. The molecule has 0 aromatic heterocycles. The quantitative estimate of drug-likeness (QED) is 0.916. The summed E-state index contributed by atoms with van der Waals surface area (Å²) < 4.78 is 10.4. The summed E-state index contributed by atoms with van der Waals surface area (Å²) >= 11 is 0. The lowest BCUT2D eigenvalue weighted by molar-refractivity contribution is 0.102. The summed E-state index contributed by atoms with van der Waals surface area (Å²) in [6, 6.07) is 13.0. The van der Waals surface area contributed by atoms with Crippen LogP contribution in [0.15, 0.2) is 42.5 Å². The fourth-order valence-electron chi connectivity index (χ4n) is 1.98. The summed E-state index contributed by atoms with van der Waals surface area (Å²) in [6.45, 7) is 2.41. The second-order valence-corrected chi connectivity index (χ2v) is 4.78. The zero-order chi connectivity index (χ0) is 15.2. The molecule has 2 rings (SSSR count). The summed E-state index contributed by atoms with van der Waals surface area (Å²) in [7, 11) is 3.21. The topological polar surface area (TPSA) is 47.6 Å². The fourth-order valence-corrected chi connectivity index (χ4v) is 1.98. The van der Waals surface area contributed by atoms with Crippen LogP contribution in [0, 0.1) is 6.92 Å². The van der Waals surface area contributed by atoms with Gasteiger partial charge in [-0.2, -0.15) is 0 Å². The molecule has 0 aliphatic heterocycles. The van der Waals surface area contributed by atoms with E-state index >= 15 is 0 Å². The van der Waals surface area contributed by atoms with E-state index in [1.54, 1.807) is 32.4 Å². The number of hydrogen-bond donors (Lipinski definition) is 1. The van der Waals surface area contributed by atoms with E-state index in [4.69, 9.17) is 9.47 Å². The van der Waals surface area contributed by atoms with E-state index in [2.05, 4.69) is 5.32 Å². The van der Waals surface area contributed by atoms with Crippen molar-refractivity contribution in [3.63, 3.8) is 0 Å². The number of hydrogen-bond acceptors (Lipinski definition) is 3. The number of ether oxygens (including phenoxy) is 2. The zero-order valence-corrected chi connectivity index (χ0v) is 12.5. The molecular weight excluding hydrogens is 266 g/mol. The van der Waals surface area contributed by atoms with Gasteiger partial charge in [-0.3, -0.25) is 4.79 Å². The first-order chi connectivity index (χ1) is 10.1. The Kier molecular flexibility index (Phi) is 4.95. The van der Waals surface area contributed by atoms with Crippen molar-refractivity contribution < 1.29 is 14.3 Å². The summed E-state index contributed by atoms with van der Waals surface area (Å²) in [5, 5.41) is 2.91. The fraction of sp³-hybridized carbons (Fsp3) is 0.235. The minimum atomic E-state index is -0.152. The highest BCUT2D eigenvalue weighted by molar-refractivity contribution is 6.04. The van der Waals surface area contributed by atoms with E-state index in [0.29, 0.717) is 23.6 Å².